The van der Waals surface area contributed by atoms with E-state index in [1.54, 1.807) is 33.2 Å². The van der Waals surface area contributed by atoms with Crippen LogP contribution in [0, 0.1) is 34.8 Å². The predicted molar refractivity (Wildman–Crippen MR) is 235 cm³/mol. The maximum absolute atomic E-state index is 17.5. The van der Waals surface area contributed by atoms with E-state index in [2.05, 4.69) is 30.5 Å². The quantitative estimate of drug-likeness (QED) is 0.0654. The largest absolute Gasteiger partial charge is 0.490 e. The first-order chi connectivity index (χ1) is 31.1. The van der Waals surface area contributed by atoms with Crippen LogP contribution in [-0.2, 0) is 15.7 Å². The zero-order valence-corrected chi connectivity index (χ0v) is 37.2. The van der Waals surface area contributed by atoms with E-state index in [9.17, 15) is 14.4 Å². The number of rotatable bonds is 11. The van der Waals surface area contributed by atoms with Crippen LogP contribution in [0.2, 0.25) is 0 Å². The van der Waals surface area contributed by atoms with Crippen molar-refractivity contribution in [2.75, 3.05) is 56.1 Å². The van der Waals surface area contributed by atoms with Gasteiger partial charge in [-0.15, -0.1) is 11.3 Å². The second-order valence-corrected chi connectivity index (χ2v) is 18.1. The zero-order valence-electron chi connectivity index (χ0n) is 36.4. The topological polar surface area (TPSA) is 164 Å². The van der Waals surface area contributed by atoms with Gasteiger partial charge >= 0.3 is 18.2 Å². The second kappa shape index (κ2) is 18.3. The Kier molecular flexibility index (Phi) is 12.9. The third-order valence-corrected chi connectivity index (χ3v) is 13.8. The van der Waals surface area contributed by atoms with Crippen molar-refractivity contribution in [2.24, 2.45) is 17.6 Å². The zero-order chi connectivity index (χ0) is 46.5. The van der Waals surface area contributed by atoms with Crippen molar-refractivity contribution in [2.45, 2.75) is 89.4 Å². The Morgan fingerprint density at radius 1 is 1.14 bits per heavy atom. The molecule has 9 rings (SSSR count). The molecule has 1 saturated carbocycles. The van der Waals surface area contributed by atoms with Gasteiger partial charge < -0.3 is 35.5 Å². The lowest BCUT2D eigenvalue weighted by atomic mass is 9.91. The summed E-state index contributed by atoms with van der Waals surface area (Å²) in [6, 6.07) is 5.67. The summed E-state index contributed by atoms with van der Waals surface area (Å²) in [7, 11) is 2.96. The molecule has 13 nitrogen and oxygen atoms in total. The summed E-state index contributed by atoms with van der Waals surface area (Å²) in [4.78, 5) is 29.7. The standard InChI is InChI=1S/C38H37F5N8O4S.C7H12FN/c1-16(2)29(45)36(52)55-15-48-35-21(13-44)24-20(10-11-22(39)32(24)56-35)25-27(38(41,42)43)31-26-30(28(25)40)49-37(53-5)50-34(26)51(23(14-54-31)18-8-9-18)17(3)19-7-6-12-47-33(19)46-4;8-6-4-7-2-1-3-9(7)5-6/h6-7,10-12,16-18,23,29,48H,8-9,14-15,45H2,1-5H3,(H,46,47);6-7H,1-5H2. The van der Waals surface area contributed by atoms with Gasteiger partial charge in [-0.2, -0.15) is 28.4 Å². The number of alkyl halides is 4. The van der Waals surface area contributed by atoms with Crippen LogP contribution in [-0.4, -0.2) is 90.7 Å². The van der Waals surface area contributed by atoms with Gasteiger partial charge in [0.15, 0.2) is 12.5 Å². The van der Waals surface area contributed by atoms with Crippen LogP contribution in [0.15, 0.2) is 30.5 Å². The highest BCUT2D eigenvalue weighted by Gasteiger charge is 2.48. The molecular formula is C45H49F6N9O4S. The Morgan fingerprint density at radius 3 is 2.57 bits per heavy atom. The maximum Gasteiger partial charge on any atom is 0.420 e. The fraction of sp³-hybridized carbons (Fsp3) is 0.489. The van der Waals surface area contributed by atoms with Crippen molar-refractivity contribution < 1.29 is 45.3 Å². The lowest BCUT2D eigenvalue weighted by molar-refractivity contribution is -0.145. The van der Waals surface area contributed by atoms with Crippen LogP contribution in [0.4, 0.5) is 43.0 Å². The number of thiophene rings is 1. The van der Waals surface area contributed by atoms with E-state index in [0.29, 0.717) is 35.3 Å². The Morgan fingerprint density at radius 2 is 1.91 bits per heavy atom. The smallest absolute Gasteiger partial charge is 0.420 e. The molecule has 5 aromatic rings. The van der Waals surface area contributed by atoms with Gasteiger partial charge in [0.1, 0.15) is 64.2 Å². The number of fused-ring (bicyclic) bond motifs is 2. The summed E-state index contributed by atoms with van der Waals surface area (Å²) in [5.74, 6) is -3.45. The number of pyridine rings is 1. The SMILES string of the molecule is CNc1ncccc1C(C)N1c2nc(OC)nc3c(F)c(-c4ccc(F)c5sc(NCOC(=O)C(N)C(C)C)c(C#N)c45)c(C(F)(F)F)c(c23)OCC1C1CC1.FC1CC2CCCN2C1. The summed E-state index contributed by atoms with van der Waals surface area (Å²) in [5.41, 5.74) is 2.82. The van der Waals surface area contributed by atoms with Crippen molar-refractivity contribution in [3.8, 4) is 29.0 Å². The number of carbonyl (C=O) groups is 1. The molecule has 2 saturated heterocycles. The molecule has 5 atom stereocenters. The predicted octanol–water partition coefficient (Wildman–Crippen LogP) is 8.95. The second-order valence-electron chi connectivity index (χ2n) is 17.0. The van der Waals surface area contributed by atoms with E-state index >= 15 is 22.0 Å². The normalized spacial score (nSPS) is 20.4. The molecule has 0 spiro atoms. The molecule has 5 unspecified atom stereocenters. The lowest BCUT2D eigenvalue weighted by Crippen LogP contribution is -2.43. The number of nitrogens with one attached hydrogen (secondary N) is 2. The van der Waals surface area contributed by atoms with Crippen molar-refractivity contribution >= 4 is 54.9 Å². The number of anilines is 3. The summed E-state index contributed by atoms with van der Waals surface area (Å²) >= 11 is 0.692. The van der Waals surface area contributed by atoms with Gasteiger partial charge in [0.05, 0.1) is 34.8 Å². The van der Waals surface area contributed by atoms with E-state index in [1.165, 1.54) is 20.0 Å². The van der Waals surface area contributed by atoms with Gasteiger partial charge in [0.25, 0.3) is 0 Å². The Balaban J connectivity index is 0.000000565. The van der Waals surface area contributed by atoms with E-state index in [1.807, 2.05) is 24.0 Å². The molecule has 4 N–H and O–H groups in total. The third kappa shape index (κ3) is 8.65. The number of nitriles is 1. The number of ether oxygens (including phenoxy) is 3. The van der Waals surface area contributed by atoms with Gasteiger partial charge in [-0.3, -0.25) is 9.69 Å². The highest BCUT2D eigenvalue weighted by molar-refractivity contribution is 7.23. The van der Waals surface area contributed by atoms with Crippen molar-refractivity contribution in [3.05, 3.63) is 58.8 Å². The lowest BCUT2D eigenvalue weighted by Gasteiger charge is -2.37. The highest BCUT2D eigenvalue weighted by Crippen LogP contribution is 2.55. The van der Waals surface area contributed by atoms with Crippen molar-refractivity contribution in [1.29, 1.82) is 5.26 Å². The fourth-order valence-electron chi connectivity index (χ4n) is 9.22. The minimum atomic E-state index is -5.25. The molecule has 4 aliphatic rings. The Hall–Kier alpha value is -5.65. The molecule has 20 heteroatoms. The first-order valence-corrected chi connectivity index (χ1v) is 22.3. The van der Waals surface area contributed by atoms with Gasteiger partial charge in [-0.25, -0.2) is 18.2 Å². The molecule has 346 valence electrons. The van der Waals surface area contributed by atoms with E-state index < -0.39 is 82.8 Å². The molecule has 0 bridgehead atoms. The van der Waals surface area contributed by atoms with Crippen LogP contribution in [0.3, 0.4) is 0 Å². The number of carbonyl (C=O) groups excluding carboxylic acids is 1. The van der Waals surface area contributed by atoms with Gasteiger partial charge in [0, 0.05) is 42.3 Å². The van der Waals surface area contributed by atoms with Crippen LogP contribution in [0.1, 0.15) is 75.6 Å². The fourth-order valence-corrected chi connectivity index (χ4v) is 10.3. The molecular weight excluding hydrogens is 877 g/mol. The Bertz CT molecular complexity index is 2640. The molecule has 3 aliphatic heterocycles. The van der Waals surface area contributed by atoms with Crippen molar-refractivity contribution in [3.63, 3.8) is 0 Å². The number of hydrogen-bond acceptors (Lipinski definition) is 14. The summed E-state index contributed by atoms with van der Waals surface area (Å²) in [6.07, 6.45) is 0.727. The number of benzene rings is 2. The van der Waals surface area contributed by atoms with Gasteiger partial charge in [0.2, 0.25) is 0 Å². The molecule has 0 radical (unpaired) electrons. The number of halogens is 6. The van der Waals surface area contributed by atoms with E-state index in [4.69, 9.17) is 19.9 Å². The number of hydrogen-bond donors (Lipinski definition) is 3. The molecule has 3 aromatic heterocycles. The number of aromatic nitrogens is 3. The van der Waals surface area contributed by atoms with Gasteiger partial charge in [-0.05, 0) is 75.1 Å². The minimum Gasteiger partial charge on any atom is -0.490 e. The van der Waals surface area contributed by atoms with Gasteiger partial charge in [-0.1, -0.05) is 26.0 Å². The molecule has 1 aliphatic carbocycles. The number of esters is 1. The minimum absolute atomic E-state index is 0.0168. The molecule has 6 heterocycles. The van der Waals surface area contributed by atoms with Crippen LogP contribution < -0.4 is 30.7 Å². The number of nitrogens with two attached hydrogens (primary N) is 1. The average Bonchev–Trinajstić information content (AvgIpc) is 3.83. The highest BCUT2D eigenvalue weighted by atomic mass is 32.1. The first kappa shape index (κ1) is 45.9. The molecule has 2 aromatic carbocycles. The van der Waals surface area contributed by atoms with E-state index in [-0.39, 0.29) is 56.3 Å². The number of nitrogens with zero attached hydrogens (tertiary/aromatic N) is 6. The third-order valence-electron chi connectivity index (χ3n) is 12.6. The summed E-state index contributed by atoms with van der Waals surface area (Å²) in [6.45, 7) is 6.45. The van der Waals surface area contributed by atoms with Crippen molar-refractivity contribution in [1.82, 2.24) is 19.9 Å². The van der Waals surface area contributed by atoms with E-state index in [0.717, 1.165) is 37.9 Å². The molecule has 3 fully saturated rings. The Labute approximate surface area is 375 Å². The maximum atomic E-state index is 17.5. The summed E-state index contributed by atoms with van der Waals surface area (Å²) < 4.78 is 109. The van der Waals surface area contributed by atoms with Crippen LogP contribution >= 0.6 is 11.3 Å². The van der Waals surface area contributed by atoms with Crippen LogP contribution in [0.5, 0.6) is 11.8 Å². The first-order valence-electron chi connectivity index (χ1n) is 21.5. The average molecular weight is 926 g/mol. The van der Waals surface area contributed by atoms with Crippen LogP contribution in [0.25, 0.3) is 32.1 Å². The summed E-state index contributed by atoms with van der Waals surface area (Å²) in [5, 5.41) is 15.5. The monoisotopic (exact) mass is 925 g/mol. The molecule has 65 heavy (non-hydrogen) atoms. The number of methoxy groups -OCH3 is 1. The molecule has 0 amide bonds.